The van der Waals surface area contributed by atoms with Crippen LogP contribution in [0.5, 0.6) is 11.5 Å². The number of benzene rings is 3. The van der Waals surface area contributed by atoms with E-state index in [-0.39, 0.29) is 5.91 Å². The summed E-state index contributed by atoms with van der Waals surface area (Å²) in [6.07, 6.45) is 6.89. The van der Waals surface area contributed by atoms with Gasteiger partial charge < -0.3 is 14.8 Å². The van der Waals surface area contributed by atoms with Crippen LogP contribution >= 0.6 is 0 Å². The minimum Gasteiger partial charge on any atom is -0.457 e. The predicted molar refractivity (Wildman–Crippen MR) is 145 cm³/mol. The van der Waals surface area contributed by atoms with Crippen LogP contribution in [0.25, 0.3) is 11.1 Å². The first kappa shape index (κ1) is 24.7. The van der Waals surface area contributed by atoms with Crippen molar-refractivity contribution >= 4 is 11.6 Å². The van der Waals surface area contributed by atoms with E-state index in [1.807, 2.05) is 79.1 Å². The Hall–Kier alpha value is -4.03. The van der Waals surface area contributed by atoms with Gasteiger partial charge in [-0.3, -0.25) is 4.79 Å². The molecule has 0 unspecified atom stereocenters. The van der Waals surface area contributed by atoms with E-state index in [1.54, 1.807) is 0 Å². The highest BCUT2D eigenvalue weighted by Gasteiger charge is 2.41. The molecule has 6 nitrogen and oxygen atoms in total. The van der Waals surface area contributed by atoms with Crippen LogP contribution in [0.1, 0.15) is 37.6 Å². The molecule has 188 valence electrons. The van der Waals surface area contributed by atoms with Gasteiger partial charge in [-0.2, -0.15) is 0 Å². The second kappa shape index (κ2) is 11.4. The molecule has 1 N–H and O–H groups in total. The summed E-state index contributed by atoms with van der Waals surface area (Å²) in [5.74, 6) is 2.33. The Kier molecular flexibility index (Phi) is 7.57. The number of para-hydroxylation sites is 1. The first-order chi connectivity index (χ1) is 18.2. The van der Waals surface area contributed by atoms with Crippen LogP contribution in [0.3, 0.4) is 0 Å². The molecule has 1 aliphatic rings. The molecule has 0 radical (unpaired) electrons. The third-order valence-corrected chi connectivity index (χ3v) is 6.82. The van der Waals surface area contributed by atoms with Crippen molar-refractivity contribution in [3.63, 3.8) is 0 Å². The summed E-state index contributed by atoms with van der Waals surface area (Å²) in [5.41, 5.74) is 3.07. The minimum absolute atomic E-state index is 0.0208. The molecule has 1 aromatic heterocycles. The van der Waals surface area contributed by atoms with Crippen LogP contribution in [0.4, 0.5) is 5.69 Å². The Labute approximate surface area is 217 Å². The molecule has 4 aromatic rings. The lowest BCUT2D eigenvalue weighted by atomic mass is 9.73. The van der Waals surface area contributed by atoms with Crippen molar-refractivity contribution < 1.29 is 14.3 Å². The summed E-state index contributed by atoms with van der Waals surface area (Å²) in [6.45, 7) is 3.21. The number of hydrogen-bond acceptors (Lipinski definition) is 5. The van der Waals surface area contributed by atoms with Gasteiger partial charge in [0, 0.05) is 43.3 Å². The van der Waals surface area contributed by atoms with E-state index in [1.165, 1.54) is 0 Å². The smallest absolute Gasteiger partial charge is 0.235 e. The molecule has 6 heteroatoms. The quantitative estimate of drug-likeness (QED) is 0.300. The van der Waals surface area contributed by atoms with Gasteiger partial charge in [0.2, 0.25) is 5.91 Å². The molecule has 1 amide bonds. The molecular weight excluding hydrogens is 462 g/mol. The largest absolute Gasteiger partial charge is 0.457 e. The number of nitrogens with one attached hydrogen (secondary N) is 1. The van der Waals surface area contributed by atoms with Gasteiger partial charge in [-0.25, -0.2) is 9.97 Å². The van der Waals surface area contributed by atoms with Crippen molar-refractivity contribution in [1.29, 1.82) is 0 Å². The number of aryl methyl sites for hydroxylation is 1. The molecular formula is C31H31N3O3. The molecule has 0 aliphatic carbocycles. The van der Waals surface area contributed by atoms with Crippen LogP contribution in [0.15, 0.2) is 91.3 Å². The zero-order valence-corrected chi connectivity index (χ0v) is 21.0. The summed E-state index contributed by atoms with van der Waals surface area (Å²) in [5, 5.41) is 3.14. The molecule has 0 bridgehead atoms. The third kappa shape index (κ3) is 5.70. The molecule has 0 spiro atoms. The van der Waals surface area contributed by atoms with Crippen molar-refractivity contribution in [3.8, 4) is 22.6 Å². The number of anilines is 1. The second-order valence-corrected chi connectivity index (χ2v) is 9.30. The van der Waals surface area contributed by atoms with Gasteiger partial charge >= 0.3 is 0 Å². The number of carbonyl (C=O) groups is 1. The summed E-state index contributed by atoms with van der Waals surface area (Å²) >= 11 is 0. The standard InChI is InChI=1S/C31H31N3O3/c1-2-6-29-32-21-24(22-33-29)23-9-11-25(12-10-23)31(17-19-36-20-18-31)30(35)34-26-13-15-28(16-14-26)37-27-7-4-3-5-8-27/h3-5,7-16,21-22H,2,6,17-20H2,1H3,(H,34,35). The average molecular weight is 494 g/mol. The molecule has 1 saturated heterocycles. The monoisotopic (exact) mass is 493 g/mol. The first-order valence-electron chi connectivity index (χ1n) is 12.8. The van der Waals surface area contributed by atoms with E-state index in [0.29, 0.717) is 31.8 Å². The van der Waals surface area contributed by atoms with E-state index in [0.717, 1.165) is 46.8 Å². The van der Waals surface area contributed by atoms with Crippen LogP contribution in [0.2, 0.25) is 0 Å². The molecule has 1 fully saturated rings. The Morgan fingerprint density at radius 3 is 2.16 bits per heavy atom. The number of hydrogen-bond donors (Lipinski definition) is 1. The van der Waals surface area contributed by atoms with E-state index < -0.39 is 5.41 Å². The van der Waals surface area contributed by atoms with E-state index in [4.69, 9.17) is 9.47 Å². The van der Waals surface area contributed by atoms with Gasteiger partial charge in [0.05, 0.1) is 5.41 Å². The number of rotatable bonds is 8. The molecule has 2 heterocycles. The van der Waals surface area contributed by atoms with Gasteiger partial charge in [0.15, 0.2) is 0 Å². The Morgan fingerprint density at radius 1 is 0.865 bits per heavy atom. The van der Waals surface area contributed by atoms with Crippen LogP contribution in [-0.4, -0.2) is 29.1 Å². The van der Waals surface area contributed by atoms with E-state index >= 15 is 0 Å². The third-order valence-electron chi connectivity index (χ3n) is 6.82. The zero-order valence-electron chi connectivity index (χ0n) is 21.0. The van der Waals surface area contributed by atoms with Crippen molar-refractivity contribution in [2.75, 3.05) is 18.5 Å². The fraction of sp³-hybridized carbons (Fsp3) is 0.258. The fourth-order valence-corrected chi connectivity index (χ4v) is 4.69. The van der Waals surface area contributed by atoms with E-state index in [2.05, 4.69) is 34.3 Å². The number of amides is 1. The van der Waals surface area contributed by atoms with Gasteiger partial charge in [-0.1, -0.05) is 49.4 Å². The lowest BCUT2D eigenvalue weighted by Crippen LogP contribution is -2.44. The van der Waals surface area contributed by atoms with Crippen molar-refractivity contribution in [1.82, 2.24) is 9.97 Å². The summed E-state index contributed by atoms with van der Waals surface area (Å²) in [7, 11) is 0. The van der Waals surface area contributed by atoms with Gasteiger partial charge in [0.25, 0.3) is 0 Å². The summed E-state index contributed by atoms with van der Waals surface area (Å²) in [6, 6.07) is 25.3. The normalized spacial score (nSPS) is 14.6. The highest BCUT2D eigenvalue weighted by Crippen LogP contribution is 2.37. The van der Waals surface area contributed by atoms with Crippen LogP contribution < -0.4 is 10.1 Å². The Morgan fingerprint density at radius 2 is 1.51 bits per heavy atom. The Balaban J connectivity index is 1.32. The molecule has 37 heavy (non-hydrogen) atoms. The van der Waals surface area contributed by atoms with E-state index in [9.17, 15) is 4.79 Å². The number of aromatic nitrogens is 2. The molecule has 0 saturated carbocycles. The molecule has 3 aromatic carbocycles. The SMILES string of the molecule is CCCc1ncc(-c2ccc(C3(C(=O)Nc4ccc(Oc5ccccc5)cc4)CCOCC3)cc2)cn1. The average Bonchev–Trinajstić information content (AvgIpc) is 2.96. The first-order valence-corrected chi connectivity index (χ1v) is 12.8. The number of carbonyl (C=O) groups excluding carboxylic acids is 1. The second-order valence-electron chi connectivity index (χ2n) is 9.30. The predicted octanol–water partition coefficient (Wildman–Crippen LogP) is 6.58. The van der Waals surface area contributed by atoms with Gasteiger partial charge in [0.1, 0.15) is 17.3 Å². The van der Waals surface area contributed by atoms with Gasteiger partial charge in [-0.05, 0) is 66.8 Å². The maximum atomic E-state index is 13.7. The maximum Gasteiger partial charge on any atom is 0.235 e. The van der Waals surface area contributed by atoms with Crippen molar-refractivity contribution in [3.05, 3.63) is 103 Å². The minimum atomic E-state index is -0.655. The van der Waals surface area contributed by atoms with Crippen LogP contribution in [0, 0.1) is 0 Å². The number of ether oxygens (including phenoxy) is 2. The van der Waals surface area contributed by atoms with Crippen molar-refractivity contribution in [2.24, 2.45) is 0 Å². The topological polar surface area (TPSA) is 73.3 Å². The molecule has 1 aliphatic heterocycles. The van der Waals surface area contributed by atoms with Crippen molar-refractivity contribution in [2.45, 2.75) is 38.0 Å². The zero-order chi connectivity index (χ0) is 25.5. The highest BCUT2D eigenvalue weighted by molar-refractivity contribution is 5.99. The maximum absolute atomic E-state index is 13.7. The Bertz CT molecular complexity index is 1300. The fourth-order valence-electron chi connectivity index (χ4n) is 4.69. The summed E-state index contributed by atoms with van der Waals surface area (Å²) < 4.78 is 11.5. The molecule has 5 rings (SSSR count). The lowest BCUT2D eigenvalue weighted by Gasteiger charge is -2.36. The molecule has 0 atom stereocenters. The number of nitrogens with zero attached hydrogens (tertiary/aromatic N) is 2. The van der Waals surface area contributed by atoms with Gasteiger partial charge in [-0.15, -0.1) is 0 Å². The van der Waals surface area contributed by atoms with Crippen LogP contribution in [-0.2, 0) is 21.4 Å². The summed E-state index contributed by atoms with van der Waals surface area (Å²) in [4.78, 5) is 22.7. The lowest BCUT2D eigenvalue weighted by molar-refractivity contribution is -0.125. The highest BCUT2D eigenvalue weighted by atomic mass is 16.5.